The second-order valence-electron chi connectivity index (χ2n) is 9.56. The van der Waals surface area contributed by atoms with Crippen LogP contribution in [0.2, 0.25) is 0 Å². The van der Waals surface area contributed by atoms with Crippen LogP contribution in [0.5, 0.6) is 5.75 Å². The van der Waals surface area contributed by atoms with E-state index in [0.717, 1.165) is 23.3 Å². The summed E-state index contributed by atoms with van der Waals surface area (Å²) in [6.07, 6.45) is -0.0121. The number of nitrogens with zero attached hydrogens (tertiary/aromatic N) is 2. The molecule has 5 rings (SSSR count). The number of primary amides is 1. The number of fused-ring (bicyclic) bond motifs is 1. The molecule has 11 heteroatoms. The van der Waals surface area contributed by atoms with E-state index in [2.05, 4.69) is 15.6 Å². The Balaban J connectivity index is 1.52. The number of anilines is 3. The molecule has 2 heterocycles. The zero-order valence-corrected chi connectivity index (χ0v) is 22.6. The first-order valence-electron chi connectivity index (χ1n) is 12.8. The number of alkyl halides is 3. The number of aromatic nitrogens is 1. The molecule has 1 unspecified atom stereocenters. The van der Waals surface area contributed by atoms with Crippen molar-refractivity contribution in [3.8, 4) is 5.75 Å². The molecule has 4 aromatic rings. The quantitative estimate of drug-likeness (QED) is 0.237. The molecule has 0 fully saturated rings. The summed E-state index contributed by atoms with van der Waals surface area (Å²) in [4.78, 5) is 31.6. The first-order valence-corrected chi connectivity index (χ1v) is 12.8. The van der Waals surface area contributed by atoms with Crippen LogP contribution >= 0.6 is 0 Å². The Morgan fingerprint density at radius 3 is 2.50 bits per heavy atom. The molecule has 1 aliphatic heterocycles. The SMILES string of the molecule is COc1ccc(NC2c3cccc(C(N)=O)c3C=CN2c2cc(C(=O)Nc3cccc(C(F)(F)F)c3)ccc2C)nc1. The van der Waals surface area contributed by atoms with Crippen molar-refractivity contribution in [3.05, 3.63) is 119 Å². The Hall–Kier alpha value is -5.32. The molecule has 214 valence electrons. The van der Waals surface area contributed by atoms with Crippen LogP contribution in [-0.2, 0) is 6.18 Å². The van der Waals surface area contributed by atoms with Gasteiger partial charge in [-0.05, 0) is 72.7 Å². The molecule has 4 N–H and O–H groups in total. The number of hydrogen-bond acceptors (Lipinski definition) is 6. The number of amides is 2. The van der Waals surface area contributed by atoms with Crippen molar-refractivity contribution in [1.82, 2.24) is 4.98 Å². The van der Waals surface area contributed by atoms with E-state index in [0.29, 0.717) is 28.4 Å². The zero-order valence-electron chi connectivity index (χ0n) is 22.6. The molecule has 0 bridgehead atoms. The van der Waals surface area contributed by atoms with Gasteiger partial charge >= 0.3 is 6.18 Å². The number of nitrogens with two attached hydrogens (primary N) is 1. The van der Waals surface area contributed by atoms with E-state index >= 15 is 0 Å². The van der Waals surface area contributed by atoms with Crippen LogP contribution in [0.25, 0.3) is 6.08 Å². The molecule has 1 atom stereocenters. The number of rotatable bonds is 7. The van der Waals surface area contributed by atoms with Gasteiger partial charge in [0.25, 0.3) is 5.91 Å². The Bertz CT molecular complexity index is 1690. The Kier molecular flexibility index (Phi) is 7.58. The van der Waals surface area contributed by atoms with Gasteiger partial charge in [0.1, 0.15) is 17.7 Å². The second-order valence-corrected chi connectivity index (χ2v) is 9.56. The highest BCUT2D eigenvalue weighted by Gasteiger charge is 2.31. The van der Waals surface area contributed by atoms with E-state index in [1.807, 2.05) is 17.9 Å². The molecule has 8 nitrogen and oxygen atoms in total. The number of ether oxygens (including phenoxy) is 1. The van der Waals surface area contributed by atoms with Crippen LogP contribution < -0.4 is 26.0 Å². The molecular formula is C31H26F3N5O3. The van der Waals surface area contributed by atoms with Gasteiger partial charge in [-0.15, -0.1) is 0 Å². The van der Waals surface area contributed by atoms with Gasteiger partial charge in [-0.1, -0.05) is 24.3 Å². The van der Waals surface area contributed by atoms with Crippen LogP contribution in [0, 0.1) is 6.92 Å². The van der Waals surface area contributed by atoms with Gasteiger partial charge in [0.05, 0.1) is 18.9 Å². The van der Waals surface area contributed by atoms with Crippen molar-refractivity contribution in [2.45, 2.75) is 19.3 Å². The third-order valence-electron chi connectivity index (χ3n) is 6.83. The smallest absolute Gasteiger partial charge is 0.416 e. The molecule has 0 aliphatic carbocycles. The molecule has 0 saturated heterocycles. The average molecular weight is 574 g/mol. The minimum Gasteiger partial charge on any atom is -0.495 e. The number of carbonyl (C=O) groups excluding carboxylic acids is 2. The standard InChI is InChI=1S/C31H26F3N5O3/c1-18-9-10-19(30(41)37-21-6-3-5-20(16-21)31(32,33)34)15-26(18)39-14-13-23-24(28(35)40)7-4-8-25(23)29(39)38-27-12-11-22(42-2)17-36-27/h3-17,29H,1-2H3,(H2,35,40)(H,36,38)(H,37,41). The minimum absolute atomic E-state index is 0.0212. The number of benzene rings is 3. The molecule has 0 saturated carbocycles. The van der Waals surface area contributed by atoms with Crippen molar-refractivity contribution in [2.24, 2.45) is 5.73 Å². The number of halogens is 3. The minimum atomic E-state index is -4.54. The second kappa shape index (κ2) is 11.3. The van der Waals surface area contributed by atoms with Gasteiger partial charge in [0.15, 0.2) is 0 Å². The fraction of sp³-hybridized carbons (Fsp3) is 0.129. The predicted octanol–water partition coefficient (Wildman–Crippen LogP) is 6.37. The van der Waals surface area contributed by atoms with E-state index in [4.69, 9.17) is 10.5 Å². The monoisotopic (exact) mass is 573 g/mol. The summed E-state index contributed by atoms with van der Waals surface area (Å²) in [5, 5.41) is 5.94. The van der Waals surface area contributed by atoms with Gasteiger partial charge in [0.2, 0.25) is 5.91 Å². The van der Waals surface area contributed by atoms with Crippen molar-refractivity contribution in [2.75, 3.05) is 22.6 Å². The average Bonchev–Trinajstić information content (AvgIpc) is 2.97. The van der Waals surface area contributed by atoms with Crippen molar-refractivity contribution < 1.29 is 27.5 Å². The highest BCUT2D eigenvalue weighted by molar-refractivity contribution is 6.05. The molecule has 1 aliphatic rings. The first kappa shape index (κ1) is 28.2. The topological polar surface area (TPSA) is 110 Å². The molecule has 0 spiro atoms. The van der Waals surface area contributed by atoms with E-state index < -0.39 is 29.7 Å². The van der Waals surface area contributed by atoms with E-state index in [-0.39, 0.29) is 11.3 Å². The highest BCUT2D eigenvalue weighted by atomic mass is 19.4. The highest BCUT2D eigenvalue weighted by Crippen LogP contribution is 2.38. The predicted molar refractivity (Wildman–Crippen MR) is 154 cm³/mol. The van der Waals surface area contributed by atoms with Crippen LogP contribution in [0.15, 0.2) is 85.2 Å². The van der Waals surface area contributed by atoms with Crippen LogP contribution in [0.3, 0.4) is 0 Å². The van der Waals surface area contributed by atoms with Crippen molar-refractivity contribution in [3.63, 3.8) is 0 Å². The summed E-state index contributed by atoms with van der Waals surface area (Å²) < 4.78 is 44.7. The fourth-order valence-corrected chi connectivity index (χ4v) is 4.71. The summed E-state index contributed by atoms with van der Waals surface area (Å²) in [7, 11) is 1.54. The molecule has 1 aromatic heterocycles. The molecular weight excluding hydrogens is 547 g/mol. The summed E-state index contributed by atoms with van der Waals surface area (Å²) in [5.74, 6) is -0.0506. The Morgan fingerprint density at radius 2 is 1.81 bits per heavy atom. The third-order valence-corrected chi connectivity index (χ3v) is 6.83. The van der Waals surface area contributed by atoms with Crippen LogP contribution in [0.1, 0.15) is 49.1 Å². The molecule has 2 amide bonds. The lowest BCUT2D eigenvalue weighted by atomic mass is 9.94. The molecule has 3 aromatic carbocycles. The molecule has 42 heavy (non-hydrogen) atoms. The van der Waals surface area contributed by atoms with E-state index in [9.17, 15) is 22.8 Å². The molecule has 0 radical (unpaired) electrons. The Labute approximate surface area is 239 Å². The summed E-state index contributed by atoms with van der Waals surface area (Å²) >= 11 is 0. The van der Waals surface area contributed by atoms with Crippen LogP contribution in [-0.4, -0.2) is 23.9 Å². The summed E-state index contributed by atoms with van der Waals surface area (Å²) in [6, 6.07) is 18.2. The number of pyridine rings is 1. The van der Waals surface area contributed by atoms with Crippen molar-refractivity contribution >= 4 is 35.1 Å². The van der Waals surface area contributed by atoms with Gasteiger partial charge in [-0.25, -0.2) is 4.98 Å². The number of methoxy groups -OCH3 is 1. The lowest BCUT2D eigenvalue weighted by molar-refractivity contribution is -0.137. The number of hydrogen-bond donors (Lipinski definition) is 3. The third kappa shape index (κ3) is 5.75. The van der Waals surface area contributed by atoms with Gasteiger partial charge < -0.3 is 26.0 Å². The van der Waals surface area contributed by atoms with Crippen molar-refractivity contribution in [1.29, 1.82) is 0 Å². The van der Waals surface area contributed by atoms with E-state index in [1.165, 1.54) is 12.1 Å². The lowest BCUT2D eigenvalue weighted by Gasteiger charge is -2.37. The van der Waals surface area contributed by atoms with E-state index in [1.54, 1.807) is 68.0 Å². The van der Waals surface area contributed by atoms with Gasteiger partial charge in [0, 0.05) is 34.3 Å². The first-order chi connectivity index (χ1) is 20.0. The van der Waals surface area contributed by atoms with Crippen LogP contribution in [0.4, 0.5) is 30.4 Å². The normalized spacial score (nSPS) is 14.2. The number of aryl methyl sites for hydroxylation is 1. The maximum absolute atomic E-state index is 13.2. The number of nitrogens with one attached hydrogen (secondary N) is 2. The summed E-state index contributed by atoms with van der Waals surface area (Å²) in [6.45, 7) is 1.87. The Morgan fingerprint density at radius 1 is 1.02 bits per heavy atom. The van der Waals surface area contributed by atoms with Gasteiger partial charge in [-0.3, -0.25) is 9.59 Å². The maximum atomic E-state index is 13.2. The largest absolute Gasteiger partial charge is 0.495 e. The fourth-order valence-electron chi connectivity index (χ4n) is 4.71. The summed E-state index contributed by atoms with van der Waals surface area (Å²) in [5.41, 5.74) is 8.24. The lowest BCUT2D eigenvalue weighted by Crippen LogP contribution is -2.34. The van der Waals surface area contributed by atoms with Gasteiger partial charge in [-0.2, -0.15) is 13.2 Å². The zero-order chi connectivity index (χ0) is 30.0. The number of carbonyl (C=O) groups is 2. The maximum Gasteiger partial charge on any atom is 0.416 e.